The summed E-state index contributed by atoms with van der Waals surface area (Å²) in [4.78, 5) is 2.35. The summed E-state index contributed by atoms with van der Waals surface area (Å²) in [6, 6.07) is 63.5. The van der Waals surface area contributed by atoms with Gasteiger partial charge in [0.15, 0.2) is 0 Å². The van der Waals surface area contributed by atoms with Crippen molar-refractivity contribution in [1.29, 1.82) is 0 Å². The van der Waals surface area contributed by atoms with Crippen molar-refractivity contribution >= 4 is 70.4 Å². The largest absolute Gasteiger partial charge is 0.310 e. The number of thiophene rings is 1. The molecule has 2 aliphatic rings. The van der Waals surface area contributed by atoms with Gasteiger partial charge in [0.2, 0.25) is 0 Å². The minimum atomic E-state index is -0.0926. The van der Waals surface area contributed by atoms with E-state index in [0.29, 0.717) is 0 Å². The van der Waals surface area contributed by atoms with Crippen LogP contribution in [0, 0.1) is 0 Å². The third-order valence-electron chi connectivity index (χ3n) is 13.2. The summed E-state index contributed by atoms with van der Waals surface area (Å²) < 4.78 is 5.14. The average molecular weight is 749 g/mol. The Labute approximate surface area is 336 Å². The highest BCUT2D eigenvalue weighted by molar-refractivity contribution is 7.25. The van der Waals surface area contributed by atoms with Crippen molar-refractivity contribution < 1.29 is 0 Å². The predicted molar refractivity (Wildman–Crippen MR) is 243 cm³/mol. The summed E-state index contributed by atoms with van der Waals surface area (Å²) >= 11 is 1.89. The number of para-hydroxylation sites is 2. The fourth-order valence-corrected chi connectivity index (χ4v) is 11.5. The molecule has 0 saturated heterocycles. The molecule has 12 rings (SSSR count). The molecule has 0 aliphatic heterocycles. The van der Waals surface area contributed by atoms with Crippen molar-refractivity contribution in [3.63, 3.8) is 0 Å². The molecule has 0 saturated carbocycles. The zero-order valence-corrected chi connectivity index (χ0v) is 33.3. The van der Waals surface area contributed by atoms with Crippen LogP contribution in [0.15, 0.2) is 170 Å². The van der Waals surface area contributed by atoms with Crippen LogP contribution in [0.2, 0.25) is 0 Å². The van der Waals surface area contributed by atoms with Gasteiger partial charge < -0.3 is 9.47 Å². The van der Waals surface area contributed by atoms with E-state index in [4.69, 9.17) is 0 Å². The van der Waals surface area contributed by atoms with Crippen LogP contribution >= 0.6 is 11.3 Å². The van der Waals surface area contributed by atoms with E-state index < -0.39 is 0 Å². The van der Waals surface area contributed by atoms with E-state index in [-0.39, 0.29) is 10.8 Å². The molecule has 2 aliphatic carbocycles. The molecule has 0 unspecified atom stereocenters. The van der Waals surface area contributed by atoms with Crippen molar-refractivity contribution in [2.75, 3.05) is 4.90 Å². The van der Waals surface area contributed by atoms with Crippen molar-refractivity contribution in [2.24, 2.45) is 0 Å². The van der Waals surface area contributed by atoms with Gasteiger partial charge in [-0.15, -0.1) is 11.3 Å². The predicted octanol–water partition coefficient (Wildman–Crippen LogP) is 15.2. The molecule has 2 heterocycles. The maximum atomic E-state index is 2.56. The first-order chi connectivity index (χ1) is 27.8. The first-order valence-corrected chi connectivity index (χ1v) is 20.8. The molecule has 0 radical (unpaired) electrons. The van der Waals surface area contributed by atoms with E-state index in [1.54, 1.807) is 0 Å². The SMILES string of the molecule is CC1(C)c2ccccc2-c2cc3c4cc5c(cc4n(-c4ccc6c(c4)sc4cc(N(c7ccccc7)c7ccccc7)ccc46)c3cc21)C(C)(C)c1ccccc1-5. The molecule has 0 amide bonds. The second kappa shape index (κ2) is 11.6. The van der Waals surface area contributed by atoms with Gasteiger partial charge in [-0.25, -0.2) is 0 Å². The molecule has 0 atom stereocenters. The molecule has 0 bridgehead atoms. The Balaban J connectivity index is 1.09. The zero-order valence-electron chi connectivity index (χ0n) is 32.5. The lowest BCUT2D eigenvalue weighted by Crippen LogP contribution is -2.15. The summed E-state index contributed by atoms with van der Waals surface area (Å²) in [5.41, 5.74) is 18.0. The van der Waals surface area contributed by atoms with E-state index in [2.05, 4.69) is 207 Å². The smallest absolute Gasteiger partial charge is 0.0544 e. The maximum absolute atomic E-state index is 2.56. The van der Waals surface area contributed by atoms with Gasteiger partial charge in [0, 0.05) is 64.5 Å². The van der Waals surface area contributed by atoms with Crippen molar-refractivity contribution in [3.8, 4) is 27.9 Å². The monoisotopic (exact) mass is 748 g/mol. The molecule has 2 aromatic heterocycles. The van der Waals surface area contributed by atoms with Gasteiger partial charge in [-0.3, -0.25) is 0 Å². The van der Waals surface area contributed by atoms with Gasteiger partial charge >= 0.3 is 0 Å². The molecule has 0 N–H and O–H groups in total. The number of anilines is 3. The molecule has 8 aromatic carbocycles. The third-order valence-corrected chi connectivity index (χ3v) is 14.3. The average Bonchev–Trinajstić information content (AvgIpc) is 3.90. The van der Waals surface area contributed by atoms with Gasteiger partial charge in [0.1, 0.15) is 0 Å². The van der Waals surface area contributed by atoms with Gasteiger partial charge in [-0.2, -0.15) is 0 Å². The van der Waals surface area contributed by atoms with Gasteiger partial charge in [0.25, 0.3) is 0 Å². The maximum Gasteiger partial charge on any atom is 0.0544 e. The Morgan fingerprint density at radius 1 is 0.386 bits per heavy atom. The number of rotatable bonds is 4. The minimum Gasteiger partial charge on any atom is -0.310 e. The molecule has 2 nitrogen and oxygen atoms in total. The lowest BCUT2D eigenvalue weighted by Gasteiger charge is -2.25. The fourth-order valence-electron chi connectivity index (χ4n) is 10.3. The second-order valence-electron chi connectivity index (χ2n) is 17.0. The summed E-state index contributed by atoms with van der Waals surface area (Å²) in [5.74, 6) is 0. The van der Waals surface area contributed by atoms with Crippen LogP contribution in [-0.2, 0) is 10.8 Å². The van der Waals surface area contributed by atoms with Gasteiger partial charge in [-0.05, 0) is 117 Å². The number of nitrogens with zero attached hydrogens (tertiary/aromatic N) is 2. The van der Waals surface area contributed by atoms with Gasteiger partial charge in [-0.1, -0.05) is 125 Å². The van der Waals surface area contributed by atoms with Crippen LogP contribution in [0.1, 0.15) is 49.9 Å². The molecule has 0 fully saturated rings. The second-order valence-corrected chi connectivity index (χ2v) is 18.1. The Morgan fingerprint density at radius 2 is 0.860 bits per heavy atom. The minimum absolute atomic E-state index is 0.0926. The summed E-state index contributed by atoms with van der Waals surface area (Å²) in [5, 5.41) is 5.21. The lowest BCUT2D eigenvalue weighted by atomic mass is 9.82. The zero-order chi connectivity index (χ0) is 38.2. The van der Waals surface area contributed by atoms with Crippen LogP contribution in [0.5, 0.6) is 0 Å². The molecule has 10 aromatic rings. The van der Waals surface area contributed by atoms with E-state index in [9.17, 15) is 0 Å². The van der Waals surface area contributed by atoms with Crippen LogP contribution < -0.4 is 4.90 Å². The molecule has 3 heteroatoms. The molecule has 0 spiro atoms. The molecule has 272 valence electrons. The normalized spacial score (nSPS) is 14.6. The highest BCUT2D eigenvalue weighted by Crippen LogP contribution is 2.54. The third kappa shape index (κ3) is 4.52. The van der Waals surface area contributed by atoms with Gasteiger partial charge in [0.05, 0.1) is 11.0 Å². The lowest BCUT2D eigenvalue weighted by molar-refractivity contribution is 0.660. The van der Waals surface area contributed by atoms with Crippen LogP contribution in [-0.4, -0.2) is 4.57 Å². The van der Waals surface area contributed by atoms with Crippen LogP contribution in [0.25, 0.3) is 69.9 Å². The topological polar surface area (TPSA) is 8.17 Å². The Kier molecular flexibility index (Phi) is 6.65. The number of hydrogen-bond donors (Lipinski definition) is 0. The quantitative estimate of drug-likeness (QED) is 0.174. The fraction of sp³-hybridized carbons (Fsp3) is 0.111. The molecular formula is C54H40N2S. The standard InChI is InChI=1S/C54H40N2S/c1-53(2)45-21-13-11-19-37(45)41-29-43-44-30-42-38-20-12-14-22-46(38)54(3,4)48(42)32-50(44)56(49(43)31-47(41)53)36-24-26-40-39-25-23-35(27-51(39)57-52(40)28-36)55(33-15-7-5-8-16-33)34-17-9-6-10-18-34/h5-32H,1-4H3. The summed E-state index contributed by atoms with van der Waals surface area (Å²) in [6.45, 7) is 9.55. The Bertz CT molecular complexity index is 3130. The summed E-state index contributed by atoms with van der Waals surface area (Å²) in [6.07, 6.45) is 0. The van der Waals surface area contributed by atoms with E-state index in [1.165, 1.54) is 92.2 Å². The molecular weight excluding hydrogens is 709 g/mol. The highest BCUT2D eigenvalue weighted by Gasteiger charge is 2.38. The Morgan fingerprint density at radius 3 is 1.40 bits per heavy atom. The number of hydrogen-bond acceptors (Lipinski definition) is 2. The first kappa shape index (κ1) is 32.8. The van der Waals surface area contributed by atoms with Crippen molar-refractivity contribution in [1.82, 2.24) is 4.57 Å². The van der Waals surface area contributed by atoms with Crippen molar-refractivity contribution in [3.05, 3.63) is 192 Å². The van der Waals surface area contributed by atoms with Crippen molar-refractivity contribution in [2.45, 2.75) is 38.5 Å². The first-order valence-electron chi connectivity index (χ1n) is 20.0. The van der Waals surface area contributed by atoms with E-state index in [1.807, 2.05) is 11.3 Å². The number of benzene rings is 8. The van der Waals surface area contributed by atoms with Crippen LogP contribution in [0.3, 0.4) is 0 Å². The van der Waals surface area contributed by atoms with E-state index >= 15 is 0 Å². The molecule has 57 heavy (non-hydrogen) atoms. The number of fused-ring (bicyclic) bond motifs is 12. The number of aromatic nitrogens is 1. The highest BCUT2D eigenvalue weighted by atomic mass is 32.1. The Hall–Kier alpha value is -6.42. The van der Waals surface area contributed by atoms with E-state index in [0.717, 1.165) is 17.1 Å². The summed E-state index contributed by atoms with van der Waals surface area (Å²) in [7, 11) is 0. The van der Waals surface area contributed by atoms with Crippen LogP contribution in [0.4, 0.5) is 17.1 Å².